The third kappa shape index (κ3) is 5.24. The average Bonchev–Trinajstić information content (AvgIpc) is 2.38. The third-order valence-electron chi connectivity index (χ3n) is 2.89. The van der Waals surface area contributed by atoms with Crippen LogP contribution in [0.15, 0.2) is 6.07 Å². The summed E-state index contributed by atoms with van der Waals surface area (Å²) in [6.07, 6.45) is 3.04. The van der Waals surface area contributed by atoms with Gasteiger partial charge in [-0.1, -0.05) is 20.3 Å². The van der Waals surface area contributed by atoms with E-state index < -0.39 is 0 Å². The van der Waals surface area contributed by atoms with Crippen LogP contribution in [0.2, 0.25) is 0 Å². The van der Waals surface area contributed by atoms with Crippen molar-refractivity contribution in [2.45, 2.75) is 53.0 Å². The number of unbranched alkanes of at least 4 members (excludes halogenated alkanes) is 1. The number of anilines is 1. The largest absolute Gasteiger partial charge is 0.368 e. The van der Waals surface area contributed by atoms with Crippen LogP contribution >= 0.6 is 0 Å². The van der Waals surface area contributed by atoms with E-state index in [1.165, 1.54) is 0 Å². The fraction of sp³-hybridized carbons (Fsp3) is 0.643. The van der Waals surface area contributed by atoms with Gasteiger partial charge in [0, 0.05) is 18.7 Å². The Morgan fingerprint density at radius 2 is 2.11 bits per heavy atom. The minimum Gasteiger partial charge on any atom is -0.368 e. The average molecular weight is 264 g/mol. The molecule has 1 amide bonds. The Morgan fingerprint density at radius 3 is 2.74 bits per heavy atom. The maximum Gasteiger partial charge on any atom is 0.270 e. The Morgan fingerprint density at radius 1 is 1.37 bits per heavy atom. The van der Waals surface area contributed by atoms with Crippen LogP contribution in [-0.4, -0.2) is 28.5 Å². The lowest BCUT2D eigenvalue weighted by Crippen LogP contribution is -2.26. The van der Waals surface area contributed by atoms with Gasteiger partial charge in [0.25, 0.3) is 5.91 Å². The molecule has 0 aromatic carbocycles. The molecule has 19 heavy (non-hydrogen) atoms. The van der Waals surface area contributed by atoms with E-state index in [2.05, 4.69) is 41.4 Å². The summed E-state index contributed by atoms with van der Waals surface area (Å²) in [6.45, 7) is 8.76. The second-order valence-corrected chi connectivity index (χ2v) is 4.75. The van der Waals surface area contributed by atoms with E-state index in [4.69, 9.17) is 0 Å². The van der Waals surface area contributed by atoms with Crippen LogP contribution in [0.1, 0.15) is 56.3 Å². The number of nitrogens with zero attached hydrogens (tertiary/aromatic N) is 2. The fourth-order valence-corrected chi connectivity index (χ4v) is 1.58. The summed E-state index contributed by atoms with van der Waals surface area (Å²) in [6, 6.07) is 2.03. The fourth-order valence-electron chi connectivity index (χ4n) is 1.58. The molecule has 0 saturated carbocycles. The Labute approximate surface area is 115 Å². The second kappa shape index (κ2) is 7.71. The van der Waals surface area contributed by atoms with Crippen molar-refractivity contribution in [1.29, 1.82) is 0 Å². The number of aryl methyl sites for hydroxylation is 1. The Balaban J connectivity index is 2.75. The van der Waals surface area contributed by atoms with E-state index in [9.17, 15) is 4.79 Å². The van der Waals surface area contributed by atoms with Gasteiger partial charge in [-0.25, -0.2) is 9.97 Å². The Bertz CT molecular complexity index is 420. The predicted molar refractivity (Wildman–Crippen MR) is 77.4 cm³/mol. The first-order chi connectivity index (χ1) is 9.06. The standard InChI is InChI=1S/C14H24N4O/c1-5-7-8-15-14(19)12-9-13(16-10(3)6-2)18-11(4)17-12/h9-10H,5-8H2,1-4H3,(H,15,19)(H,16,17,18). The van der Waals surface area contributed by atoms with Crippen molar-refractivity contribution in [3.63, 3.8) is 0 Å². The molecule has 1 aromatic rings. The molecule has 1 aromatic heterocycles. The monoisotopic (exact) mass is 264 g/mol. The van der Waals surface area contributed by atoms with E-state index >= 15 is 0 Å². The van der Waals surface area contributed by atoms with Crippen molar-refractivity contribution in [3.8, 4) is 0 Å². The van der Waals surface area contributed by atoms with Crippen molar-refractivity contribution in [1.82, 2.24) is 15.3 Å². The number of aromatic nitrogens is 2. The van der Waals surface area contributed by atoms with Crippen LogP contribution < -0.4 is 10.6 Å². The zero-order valence-electron chi connectivity index (χ0n) is 12.3. The van der Waals surface area contributed by atoms with Gasteiger partial charge in [0.05, 0.1) is 0 Å². The Kier molecular flexibility index (Phi) is 6.25. The molecule has 0 aliphatic heterocycles. The SMILES string of the molecule is CCCCNC(=O)c1cc(NC(C)CC)nc(C)n1. The van der Waals surface area contributed by atoms with Crippen LogP contribution in [0.25, 0.3) is 0 Å². The highest BCUT2D eigenvalue weighted by atomic mass is 16.1. The number of hydrogen-bond donors (Lipinski definition) is 2. The lowest BCUT2D eigenvalue weighted by Gasteiger charge is -2.13. The maximum absolute atomic E-state index is 12.0. The molecule has 1 unspecified atom stereocenters. The summed E-state index contributed by atoms with van der Waals surface area (Å²) >= 11 is 0. The summed E-state index contributed by atoms with van der Waals surface area (Å²) < 4.78 is 0. The lowest BCUT2D eigenvalue weighted by molar-refractivity contribution is 0.0948. The molecule has 1 atom stereocenters. The number of nitrogens with one attached hydrogen (secondary N) is 2. The second-order valence-electron chi connectivity index (χ2n) is 4.75. The molecule has 0 spiro atoms. The van der Waals surface area contributed by atoms with Crippen LogP contribution in [0.5, 0.6) is 0 Å². The van der Waals surface area contributed by atoms with Gasteiger partial charge in [-0.3, -0.25) is 4.79 Å². The van der Waals surface area contributed by atoms with Gasteiger partial charge < -0.3 is 10.6 Å². The van der Waals surface area contributed by atoms with Gasteiger partial charge in [-0.15, -0.1) is 0 Å². The lowest BCUT2D eigenvalue weighted by atomic mass is 10.2. The molecule has 1 heterocycles. The van der Waals surface area contributed by atoms with Gasteiger partial charge in [0.2, 0.25) is 0 Å². The molecule has 5 nitrogen and oxygen atoms in total. The van der Waals surface area contributed by atoms with Gasteiger partial charge in [0.1, 0.15) is 17.3 Å². The smallest absolute Gasteiger partial charge is 0.270 e. The molecule has 2 N–H and O–H groups in total. The van der Waals surface area contributed by atoms with E-state index in [1.54, 1.807) is 13.0 Å². The molecule has 0 aliphatic carbocycles. The van der Waals surface area contributed by atoms with Crippen LogP contribution in [0, 0.1) is 6.92 Å². The first-order valence-corrected chi connectivity index (χ1v) is 6.97. The molecule has 0 aliphatic rings. The molecule has 5 heteroatoms. The van der Waals surface area contributed by atoms with Crippen molar-refractivity contribution in [3.05, 3.63) is 17.6 Å². The number of carbonyl (C=O) groups excluding carboxylic acids is 1. The summed E-state index contributed by atoms with van der Waals surface area (Å²) in [5.74, 6) is 1.18. The summed E-state index contributed by atoms with van der Waals surface area (Å²) in [5.41, 5.74) is 0.425. The molecule has 0 bridgehead atoms. The maximum atomic E-state index is 12.0. The molecule has 1 rings (SSSR count). The quantitative estimate of drug-likeness (QED) is 0.743. The van der Waals surface area contributed by atoms with Gasteiger partial charge in [-0.2, -0.15) is 0 Å². The third-order valence-corrected chi connectivity index (χ3v) is 2.89. The normalized spacial score (nSPS) is 12.0. The minimum absolute atomic E-state index is 0.133. The summed E-state index contributed by atoms with van der Waals surface area (Å²) in [4.78, 5) is 20.4. The van der Waals surface area contributed by atoms with Crippen LogP contribution in [0.3, 0.4) is 0 Å². The predicted octanol–water partition coefficient (Wildman–Crippen LogP) is 2.53. The first kappa shape index (κ1) is 15.4. The van der Waals surface area contributed by atoms with E-state index in [1.807, 2.05) is 0 Å². The Hall–Kier alpha value is -1.65. The topological polar surface area (TPSA) is 66.9 Å². The number of amides is 1. The van der Waals surface area contributed by atoms with Crippen LogP contribution in [0.4, 0.5) is 5.82 Å². The summed E-state index contributed by atoms with van der Waals surface area (Å²) in [7, 11) is 0. The van der Waals surface area contributed by atoms with E-state index in [-0.39, 0.29) is 5.91 Å². The molecule has 0 saturated heterocycles. The van der Waals surface area contributed by atoms with Gasteiger partial charge in [0.15, 0.2) is 0 Å². The first-order valence-electron chi connectivity index (χ1n) is 6.97. The molecule has 106 valence electrons. The van der Waals surface area contributed by atoms with Crippen molar-refractivity contribution in [2.24, 2.45) is 0 Å². The minimum atomic E-state index is -0.133. The number of rotatable bonds is 7. The van der Waals surface area contributed by atoms with Gasteiger partial charge in [-0.05, 0) is 26.7 Å². The molecular weight excluding hydrogens is 240 g/mol. The van der Waals surface area contributed by atoms with Crippen molar-refractivity contribution >= 4 is 11.7 Å². The van der Waals surface area contributed by atoms with E-state index in [0.717, 1.165) is 19.3 Å². The zero-order chi connectivity index (χ0) is 14.3. The van der Waals surface area contributed by atoms with Crippen molar-refractivity contribution < 1.29 is 4.79 Å². The molecule has 0 radical (unpaired) electrons. The van der Waals surface area contributed by atoms with Crippen LogP contribution in [-0.2, 0) is 0 Å². The number of hydrogen-bond acceptors (Lipinski definition) is 4. The molecular formula is C14H24N4O. The highest BCUT2D eigenvalue weighted by Crippen LogP contribution is 2.09. The molecule has 0 fully saturated rings. The highest BCUT2D eigenvalue weighted by Gasteiger charge is 2.10. The number of carbonyl (C=O) groups is 1. The van der Waals surface area contributed by atoms with E-state index in [0.29, 0.717) is 29.9 Å². The highest BCUT2D eigenvalue weighted by molar-refractivity contribution is 5.92. The summed E-state index contributed by atoms with van der Waals surface area (Å²) in [5, 5.41) is 6.13. The zero-order valence-corrected chi connectivity index (χ0v) is 12.3. The van der Waals surface area contributed by atoms with Crippen molar-refractivity contribution in [2.75, 3.05) is 11.9 Å². The van der Waals surface area contributed by atoms with Gasteiger partial charge >= 0.3 is 0 Å².